The minimum Gasteiger partial charge on any atom is -0.337 e. The average molecular weight is 573 g/mol. The molecule has 3 aromatic carbocycles. The van der Waals surface area contributed by atoms with Gasteiger partial charge in [-0.05, 0) is 91.1 Å². The number of fused-ring (bicyclic) bond motifs is 1. The van der Waals surface area contributed by atoms with Crippen molar-refractivity contribution in [3.8, 4) is 0 Å². The van der Waals surface area contributed by atoms with E-state index in [4.69, 9.17) is 0 Å². The molecule has 0 saturated heterocycles. The fourth-order valence-corrected chi connectivity index (χ4v) is 7.17. The van der Waals surface area contributed by atoms with Crippen molar-refractivity contribution >= 4 is 21.6 Å². The van der Waals surface area contributed by atoms with Gasteiger partial charge < -0.3 is 9.47 Å². The fraction of sp³-hybridized carbons (Fsp3) is 0.312. The van der Waals surface area contributed by atoms with Gasteiger partial charge in [-0.1, -0.05) is 36.4 Å². The van der Waals surface area contributed by atoms with E-state index in [2.05, 4.69) is 21.8 Å². The highest BCUT2D eigenvalue weighted by molar-refractivity contribution is 7.89. The van der Waals surface area contributed by atoms with Crippen LogP contribution < -0.4 is 9.62 Å². The SMILES string of the molecule is Cc1cc(S(=O)(=O)N[C@H]2CCCc3ccc(N(Cc4nccn4C)C(=O)[C@H]4C[C@H]4c4ccccc4)cc32)ccc1F. The fourth-order valence-electron chi connectivity index (χ4n) is 5.84. The standard InChI is InChI=1S/C32H33FN4O3S/c1-21-17-25(13-14-29(21)33)41(39,40)35-30-10-6-9-23-11-12-24(18-27(23)30)37(20-31-34-15-16-36(31)2)32(38)28-19-26(28)22-7-4-3-5-8-22/h3-5,7-8,11-18,26,28,30,35H,6,9-10,19-20H2,1-2H3/t26-,28-,30-/m0/s1. The van der Waals surface area contributed by atoms with E-state index in [0.717, 1.165) is 41.9 Å². The number of benzene rings is 3. The Balaban J connectivity index is 1.32. The summed E-state index contributed by atoms with van der Waals surface area (Å²) in [7, 11) is -1.98. The number of hydrogen-bond donors (Lipinski definition) is 1. The molecule has 6 rings (SSSR count). The molecule has 1 aromatic heterocycles. The van der Waals surface area contributed by atoms with Crippen LogP contribution in [0.3, 0.4) is 0 Å². The van der Waals surface area contributed by atoms with Gasteiger partial charge in [0, 0.05) is 37.1 Å². The number of nitrogens with zero attached hydrogens (tertiary/aromatic N) is 3. The van der Waals surface area contributed by atoms with Crippen LogP contribution in [0.2, 0.25) is 0 Å². The summed E-state index contributed by atoms with van der Waals surface area (Å²) in [5, 5.41) is 0. The Morgan fingerprint density at radius 1 is 1.12 bits per heavy atom. The van der Waals surface area contributed by atoms with E-state index in [0.29, 0.717) is 13.0 Å². The molecule has 0 unspecified atom stereocenters. The number of sulfonamides is 1. The van der Waals surface area contributed by atoms with Crippen LogP contribution in [0.15, 0.2) is 84.0 Å². The molecule has 9 heteroatoms. The monoisotopic (exact) mass is 572 g/mol. The van der Waals surface area contributed by atoms with Crippen molar-refractivity contribution in [1.82, 2.24) is 14.3 Å². The number of imidazole rings is 1. The zero-order valence-electron chi connectivity index (χ0n) is 23.1. The number of anilines is 1. The van der Waals surface area contributed by atoms with Gasteiger partial charge in [-0.3, -0.25) is 4.79 Å². The van der Waals surface area contributed by atoms with Gasteiger partial charge in [0.05, 0.1) is 11.4 Å². The van der Waals surface area contributed by atoms with E-state index in [9.17, 15) is 17.6 Å². The molecule has 7 nitrogen and oxygen atoms in total. The van der Waals surface area contributed by atoms with Crippen molar-refractivity contribution in [1.29, 1.82) is 0 Å². The number of rotatable bonds is 8. The van der Waals surface area contributed by atoms with Gasteiger partial charge in [-0.15, -0.1) is 0 Å². The molecule has 212 valence electrons. The number of carbonyl (C=O) groups is 1. The zero-order valence-corrected chi connectivity index (χ0v) is 23.9. The molecule has 1 amide bonds. The highest BCUT2D eigenvalue weighted by atomic mass is 32.2. The van der Waals surface area contributed by atoms with E-state index in [1.54, 1.807) is 18.0 Å². The molecule has 0 radical (unpaired) electrons. The van der Waals surface area contributed by atoms with Crippen LogP contribution in [0.1, 0.15) is 59.3 Å². The normalized spacial score (nSPS) is 19.9. The maximum absolute atomic E-state index is 14.0. The first-order valence-electron chi connectivity index (χ1n) is 13.9. The Hall–Kier alpha value is -3.82. The minimum absolute atomic E-state index is 0.0342. The van der Waals surface area contributed by atoms with Crippen LogP contribution in [-0.2, 0) is 34.8 Å². The molecule has 0 bridgehead atoms. The number of aromatic nitrogens is 2. The van der Waals surface area contributed by atoms with E-state index >= 15 is 0 Å². The number of amides is 1. The first-order chi connectivity index (χ1) is 19.7. The molecule has 1 saturated carbocycles. The van der Waals surface area contributed by atoms with Crippen molar-refractivity contribution in [2.45, 2.75) is 56.0 Å². The summed E-state index contributed by atoms with van der Waals surface area (Å²) in [6, 6.07) is 19.4. The third-order valence-electron chi connectivity index (χ3n) is 8.31. The van der Waals surface area contributed by atoms with Crippen LogP contribution in [0.5, 0.6) is 0 Å². The van der Waals surface area contributed by atoms with E-state index in [-0.39, 0.29) is 28.2 Å². The lowest BCUT2D eigenvalue weighted by molar-refractivity contribution is -0.120. The molecule has 1 heterocycles. The lowest BCUT2D eigenvalue weighted by Gasteiger charge is -2.29. The van der Waals surface area contributed by atoms with Gasteiger partial charge in [0.15, 0.2) is 0 Å². The lowest BCUT2D eigenvalue weighted by Crippen LogP contribution is -2.34. The lowest BCUT2D eigenvalue weighted by atomic mass is 9.87. The Kier molecular flexibility index (Phi) is 7.25. The Bertz CT molecular complexity index is 1700. The molecule has 0 aliphatic heterocycles. The van der Waals surface area contributed by atoms with Crippen LogP contribution >= 0.6 is 0 Å². The van der Waals surface area contributed by atoms with E-state index < -0.39 is 21.9 Å². The molecule has 1 fully saturated rings. The number of aryl methyl sites for hydroxylation is 3. The second-order valence-electron chi connectivity index (χ2n) is 11.1. The minimum atomic E-state index is -3.89. The summed E-state index contributed by atoms with van der Waals surface area (Å²) >= 11 is 0. The van der Waals surface area contributed by atoms with Gasteiger partial charge >= 0.3 is 0 Å². The molecule has 4 aromatic rings. The average Bonchev–Trinajstić information content (AvgIpc) is 3.67. The quantitative estimate of drug-likeness (QED) is 0.300. The molecule has 1 N–H and O–H groups in total. The van der Waals surface area contributed by atoms with Crippen molar-refractivity contribution in [2.24, 2.45) is 13.0 Å². The first kappa shape index (κ1) is 27.4. The Morgan fingerprint density at radius 2 is 1.93 bits per heavy atom. The summed E-state index contributed by atoms with van der Waals surface area (Å²) in [5.41, 5.74) is 4.08. The van der Waals surface area contributed by atoms with Crippen LogP contribution in [0.25, 0.3) is 0 Å². The highest BCUT2D eigenvalue weighted by Crippen LogP contribution is 2.49. The second-order valence-corrected chi connectivity index (χ2v) is 12.8. The highest BCUT2D eigenvalue weighted by Gasteiger charge is 2.46. The summed E-state index contributed by atoms with van der Waals surface area (Å²) in [6.45, 7) is 1.86. The van der Waals surface area contributed by atoms with E-state index in [1.807, 2.05) is 54.2 Å². The van der Waals surface area contributed by atoms with Crippen LogP contribution in [0.4, 0.5) is 10.1 Å². The summed E-state index contributed by atoms with van der Waals surface area (Å²) in [4.78, 5) is 20.3. The second kappa shape index (κ2) is 10.9. The molecule has 2 aliphatic carbocycles. The van der Waals surface area contributed by atoms with E-state index in [1.165, 1.54) is 23.8 Å². The molecule has 3 atom stereocenters. The number of carbonyl (C=O) groups excluding carboxylic acids is 1. The maximum atomic E-state index is 14.0. The van der Waals surface area contributed by atoms with Crippen molar-refractivity contribution in [2.75, 3.05) is 4.90 Å². The molecular weight excluding hydrogens is 539 g/mol. The number of nitrogens with one attached hydrogen (secondary N) is 1. The van der Waals surface area contributed by atoms with Gasteiger partial charge in [0.1, 0.15) is 11.6 Å². The first-order valence-corrected chi connectivity index (χ1v) is 15.4. The Labute approximate surface area is 240 Å². The van der Waals surface area contributed by atoms with Crippen molar-refractivity contribution < 1.29 is 17.6 Å². The molecule has 2 aliphatic rings. The zero-order chi connectivity index (χ0) is 28.7. The van der Waals surface area contributed by atoms with Gasteiger partial charge in [0.25, 0.3) is 0 Å². The predicted octanol–water partition coefficient (Wildman–Crippen LogP) is 5.56. The molecule has 41 heavy (non-hydrogen) atoms. The third-order valence-corrected chi connectivity index (χ3v) is 9.78. The van der Waals surface area contributed by atoms with Gasteiger partial charge in [0.2, 0.25) is 15.9 Å². The van der Waals surface area contributed by atoms with Crippen LogP contribution in [0, 0.1) is 18.7 Å². The summed E-state index contributed by atoms with van der Waals surface area (Å²) in [6.07, 6.45) is 6.66. The maximum Gasteiger partial charge on any atom is 0.241 e. The largest absolute Gasteiger partial charge is 0.337 e. The summed E-state index contributed by atoms with van der Waals surface area (Å²) < 4.78 is 45.2. The predicted molar refractivity (Wildman–Crippen MR) is 155 cm³/mol. The summed E-state index contributed by atoms with van der Waals surface area (Å²) in [5.74, 6) is 0.418. The van der Waals surface area contributed by atoms with Crippen molar-refractivity contribution in [3.63, 3.8) is 0 Å². The number of halogens is 1. The van der Waals surface area contributed by atoms with Gasteiger partial charge in [-0.25, -0.2) is 22.5 Å². The molecular formula is C32H33FN4O3S. The van der Waals surface area contributed by atoms with Crippen molar-refractivity contribution in [3.05, 3.63) is 113 Å². The van der Waals surface area contributed by atoms with Crippen LogP contribution in [-0.4, -0.2) is 23.9 Å². The third kappa shape index (κ3) is 5.56. The Morgan fingerprint density at radius 3 is 2.66 bits per heavy atom. The smallest absolute Gasteiger partial charge is 0.241 e. The topological polar surface area (TPSA) is 84.3 Å². The number of hydrogen-bond acceptors (Lipinski definition) is 4. The molecule has 0 spiro atoms. The van der Waals surface area contributed by atoms with Gasteiger partial charge in [-0.2, -0.15) is 0 Å².